The number of nitrogens with zero attached hydrogens (tertiary/aromatic N) is 2. The van der Waals surface area contributed by atoms with Gasteiger partial charge in [0.05, 0.1) is 22.9 Å². The lowest BCUT2D eigenvalue weighted by Gasteiger charge is -2.20. The van der Waals surface area contributed by atoms with Crippen molar-refractivity contribution in [1.29, 1.82) is 0 Å². The van der Waals surface area contributed by atoms with Crippen molar-refractivity contribution >= 4 is 28.3 Å². The Hall–Kier alpha value is -3.19. The number of thioether (sulfide) groups is 1. The molecule has 1 aliphatic rings. The first-order chi connectivity index (χ1) is 14.1. The maximum absolute atomic E-state index is 13.0. The van der Waals surface area contributed by atoms with Crippen LogP contribution >= 0.6 is 11.8 Å². The second kappa shape index (κ2) is 8.05. The van der Waals surface area contributed by atoms with Crippen molar-refractivity contribution in [2.75, 3.05) is 17.7 Å². The Morgan fingerprint density at radius 2 is 1.72 bits per heavy atom. The van der Waals surface area contributed by atoms with Crippen LogP contribution in [0.5, 0.6) is 0 Å². The number of benzene rings is 2. The first-order valence-electron chi connectivity index (χ1n) is 9.28. The van der Waals surface area contributed by atoms with Gasteiger partial charge in [-0.1, -0.05) is 48.5 Å². The predicted molar refractivity (Wildman–Crippen MR) is 116 cm³/mol. The summed E-state index contributed by atoms with van der Waals surface area (Å²) >= 11 is 1.58. The largest absolute Gasteiger partial charge is 0.486 e. The molecule has 29 heavy (non-hydrogen) atoms. The number of hydrogen-bond donors (Lipinski definition) is 1. The third-order valence-electron chi connectivity index (χ3n) is 4.82. The van der Waals surface area contributed by atoms with Gasteiger partial charge < -0.3 is 10.1 Å². The van der Waals surface area contributed by atoms with E-state index < -0.39 is 5.91 Å². The molecule has 7 heteroatoms. The quantitative estimate of drug-likeness (QED) is 0.718. The number of nitrogens with one attached hydrogen (secondary N) is 1. The van der Waals surface area contributed by atoms with E-state index in [-0.39, 0.29) is 17.0 Å². The zero-order chi connectivity index (χ0) is 20.4. The third kappa shape index (κ3) is 3.61. The van der Waals surface area contributed by atoms with Crippen LogP contribution in [0.3, 0.4) is 0 Å². The molecular formula is C22H21N3O3S. The number of carbonyl (C=O) groups excluding carboxylic acids is 1. The summed E-state index contributed by atoms with van der Waals surface area (Å²) in [6.07, 6.45) is 0. The van der Waals surface area contributed by atoms with Crippen LogP contribution in [0.25, 0.3) is 10.6 Å². The highest BCUT2D eigenvalue weighted by Crippen LogP contribution is 2.35. The summed E-state index contributed by atoms with van der Waals surface area (Å²) in [5, 5.41) is 2.79. The van der Waals surface area contributed by atoms with Gasteiger partial charge in [0, 0.05) is 12.8 Å². The molecule has 148 valence electrons. The van der Waals surface area contributed by atoms with Gasteiger partial charge in [0.25, 0.3) is 11.5 Å². The lowest BCUT2D eigenvalue weighted by atomic mass is 10.2. The van der Waals surface area contributed by atoms with Gasteiger partial charge in [-0.15, -0.1) is 11.8 Å². The minimum Gasteiger partial charge on any atom is -0.486 e. The van der Waals surface area contributed by atoms with Gasteiger partial charge in [0.1, 0.15) is 5.69 Å². The van der Waals surface area contributed by atoms with Crippen molar-refractivity contribution < 1.29 is 9.53 Å². The van der Waals surface area contributed by atoms with Gasteiger partial charge in [-0.05, 0) is 24.6 Å². The van der Waals surface area contributed by atoms with Crippen molar-refractivity contribution in [3.63, 3.8) is 0 Å². The van der Waals surface area contributed by atoms with Crippen LogP contribution in [0.1, 0.15) is 11.3 Å². The normalized spacial score (nSPS) is 13.9. The summed E-state index contributed by atoms with van der Waals surface area (Å²) in [7, 11) is 1.79. The molecule has 0 fully saturated rings. The SMILES string of the molecule is Cc1c(NC(=O)C2=C(c3ccccc3)SCCO2)c(=O)n(-c2ccccc2)n1C. The first kappa shape index (κ1) is 19.1. The van der Waals surface area contributed by atoms with Gasteiger partial charge in [0.2, 0.25) is 0 Å². The number of amides is 1. The first-order valence-corrected chi connectivity index (χ1v) is 10.3. The molecule has 0 unspecified atom stereocenters. The minimum absolute atomic E-state index is 0.250. The summed E-state index contributed by atoms with van der Waals surface area (Å²) in [6, 6.07) is 19.0. The van der Waals surface area contributed by atoms with Crippen LogP contribution in [0.4, 0.5) is 5.69 Å². The van der Waals surface area contributed by atoms with Crippen LogP contribution in [-0.2, 0) is 16.6 Å². The summed E-state index contributed by atoms with van der Waals surface area (Å²) in [5.41, 5.74) is 2.29. The minimum atomic E-state index is -0.415. The Bertz CT molecular complexity index is 1130. The number of rotatable bonds is 4. The topological polar surface area (TPSA) is 65.3 Å². The lowest BCUT2D eigenvalue weighted by molar-refractivity contribution is -0.115. The Morgan fingerprint density at radius 1 is 1.07 bits per heavy atom. The Morgan fingerprint density at radius 3 is 2.41 bits per heavy atom. The second-order valence-corrected chi connectivity index (χ2v) is 7.72. The number of carbonyl (C=O) groups is 1. The average molecular weight is 407 g/mol. The maximum Gasteiger partial charge on any atom is 0.295 e. The van der Waals surface area contributed by atoms with Crippen molar-refractivity contribution in [3.8, 4) is 5.69 Å². The highest BCUT2D eigenvalue weighted by molar-refractivity contribution is 8.08. The Kier molecular flexibility index (Phi) is 5.31. The van der Waals surface area contributed by atoms with E-state index in [1.54, 1.807) is 30.4 Å². The zero-order valence-electron chi connectivity index (χ0n) is 16.2. The van der Waals surface area contributed by atoms with Crippen molar-refractivity contribution in [2.45, 2.75) is 6.92 Å². The maximum atomic E-state index is 13.0. The van der Waals surface area contributed by atoms with Crippen LogP contribution in [0.2, 0.25) is 0 Å². The average Bonchev–Trinajstić information content (AvgIpc) is 2.98. The highest BCUT2D eigenvalue weighted by Gasteiger charge is 2.26. The van der Waals surface area contributed by atoms with E-state index >= 15 is 0 Å². The number of aromatic nitrogens is 2. The molecule has 2 aromatic carbocycles. The fraction of sp³-hybridized carbons (Fsp3) is 0.182. The lowest BCUT2D eigenvalue weighted by Crippen LogP contribution is -2.25. The number of anilines is 1. The molecule has 1 aliphatic heterocycles. The van der Waals surface area contributed by atoms with Gasteiger partial charge in [-0.25, -0.2) is 4.68 Å². The molecular weight excluding hydrogens is 386 g/mol. The molecule has 1 amide bonds. The number of ether oxygens (including phenoxy) is 1. The summed E-state index contributed by atoms with van der Waals surface area (Å²) in [4.78, 5) is 26.9. The van der Waals surface area contributed by atoms with Gasteiger partial charge in [-0.3, -0.25) is 14.3 Å². The van der Waals surface area contributed by atoms with Gasteiger partial charge >= 0.3 is 0 Å². The predicted octanol–water partition coefficient (Wildman–Crippen LogP) is 3.56. The fourth-order valence-corrected chi connectivity index (χ4v) is 4.23. The molecule has 1 aromatic heterocycles. The second-order valence-electron chi connectivity index (χ2n) is 6.61. The van der Waals surface area contributed by atoms with E-state index in [0.717, 1.165) is 21.9 Å². The Balaban J connectivity index is 1.72. The number of para-hydroxylation sites is 1. The van der Waals surface area contributed by atoms with Gasteiger partial charge in [0.15, 0.2) is 5.76 Å². The standard InChI is InChI=1S/C22H21N3O3S/c1-15-18(22(27)25(24(15)2)17-11-7-4-8-12-17)23-21(26)19-20(29-14-13-28-19)16-9-5-3-6-10-16/h3-12H,13-14H2,1-2H3,(H,23,26). The van der Waals surface area contributed by atoms with Crippen LogP contribution in [0.15, 0.2) is 71.2 Å². The van der Waals surface area contributed by atoms with E-state index in [0.29, 0.717) is 12.3 Å². The molecule has 0 radical (unpaired) electrons. The smallest absolute Gasteiger partial charge is 0.295 e. The van der Waals surface area contributed by atoms with E-state index in [4.69, 9.17) is 4.74 Å². The van der Waals surface area contributed by atoms with Crippen LogP contribution in [-0.4, -0.2) is 27.6 Å². The molecule has 4 rings (SSSR count). The Labute approximate surface area is 172 Å². The van der Waals surface area contributed by atoms with Crippen molar-refractivity contribution in [3.05, 3.63) is 88.0 Å². The molecule has 0 aliphatic carbocycles. The molecule has 0 saturated carbocycles. The van der Waals surface area contributed by atoms with E-state index in [1.165, 1.54) is 4.68 Å². The molecule has 0 spiro atoms. The summed E-state index contributed by atoms with van der Waals surface area (Å²) < 4.78 is 8.98. The molecule has 0 atom stereocenters. The van der Waals surface area contributed by atoms with Crippen molar-refractivity contribution in [2.24, 2.45) is 7.05 Å². The van der Waals surface area contributed by atoms with E-state index in [2.05, 4.69) is 5.32 Å². The molecule has 0 bridgehead atoms. The van der Waals surface area contributed by atoms with Gasteiger partial charge in [-0.2, -0.15) is 0 Å². The zero-order valence-corrected chi connectivity index (χ0v) is 17.0. The summed E-state index contributed by atoms with van der Waals surface area (Å²) in [5.74, 6) is 0.607. The molecule has 3 aromatic rings. The molecule has 0 saturated heterocycles. The van der Waals surface area contributed by atoms with Crippen LogP contribution < -0.4 is 10.9 Å². The van der Waals surface area contributed by atoms with E-state index in [1.807, 2.05) is 60.7 Å². The number of hydrogen-bond acceptors (Lipinski definition) is 4. The fourth-order valence-electron chi connectivity index (χ4n) is 3.27. The highest BCUT2D eigenvalue weighted by atomic mass is 32.2. The molecule has 6 nitrogen and oxygen atoms in total. The monoisotopic (exact) mass is 407 g/mol. The van der Waals surface area contributed by atoms with Crippen LogP contribution in [0, 0.1) is 6.92 Å². The van der Waals surface area contributed by atoms with Crippen molar-refractivity contribution in [1.82, 2.24) is 9.36 Å². The summed E-state index contributed by atoms with van der Waals surface area (Å²) in [6.45, 7) is 2.26. The third-order valence-corrected chi connectivity index (χ3v) is 5.90. The molecule has 2 heterocycles. The molecule has 1 N–H and O–H groups in total. The van der Waals surface area contributed by atoms with E-state index in [9.17, 15) is 9.59 Å².